The highest BCUT2D eigenvalue weighted by atomic mass is 16.4. The van der Waals surface area contributed by atoms with Gasteiger partial charge in [-0.3, -0.25) is 9.59 Å². The molecule has 1 N–H and O–H groups in total. The zero-order chi connectivity index (χ0) is 13.6. The van der Waals surface area contributed by atoms with Crippen molar-refractivity contribution in [1.82, 2.24) is 4.90 Å². The van der Waals surface area contributed by atoms with E-state index in [1.165, 1.54) is 19.3 Å². The van der Waals surface area contributed by atoms with Crippen LogP contribution in [0.3, 0.4) is 0 Å². The standard InChI is InChI=1S/C15H23NO3/c1-2-15(14(18)19)6-8-16(9-7-15)13(17)12-10-4-3-5-11(10)12/h10-12H,2-9H2,1H3,(H,18,19). The van der Waals surface area contributed by atoms with Gasteiger partial charge >= 0.3 is 5.97 Å². The Morgan fingerprint density at radius 2 is 1.79 bits per heavy atom. The number of carbonyl (C=O) groups is 2. The Hall–Kier alpha value is -1.06. The summed E-state index contributed by atoms with van der Waals surface area (Å²) in [6.07, 6.45) is 5.64. The summed E-state index contributed by atoms with van der Waals surface area (Å²) in [7, 11) is 0. The molecule has 0 aromatic rings. The Kier molecular flexibility index (Phi) is 3.06. The first-order chi connectivity index (χ1) is 9.09. The number of carboxylic acid groups (broad SMARTS) is 1. The van der Waals surface area contributed by atoms with Crippen LogP contribution >= 0.6 is 0 Å². The summed E-state index contributed by atoms with van der Waals surface area (Å²) in [5, 5.41) is 9.36. The Bertz CT molecular complexity index is 388. The molecule has 2 aliphatic carbocycles. The van der Waals surface area contributed by atoms with E-state index in [-0.39, 0.29) is 5.92 Å². The predicted octanol–water partition coefficient (Wildman–Crippen LogP) is 2.14. The van der Waals surface area contributed by atoms with Gasteiger partial charge in [-0.25, -0.2) is 0 Å². The molecule has 19 heavy (non-hydrogen) atoms. The number of amides is 1. The van der Waals surface area contributed by atoms with Gasteiger partial charge in [0.05, 0.1) is 5.41 Å². The van der Waals surface area contributed by atoms with Crippen molar-refractivity contribution in [1.29, 1.82) is 0 Å². The van der Waals surface area contributed by atoms with Crippen LogP contribution in [0.1, 0.15) is 45.4 Å². The molecule has 1 amide bonds. The quantitative estimate of drug-likeness (QED) is 0.850. The summed E-state index contributed by atoms with van der Waals surface area (Å²) in [5.74, 6) is 1.22. The maximum absolute atomic E-state index is 12.4. The first kappa shape index (κ1) is 12.9. The van der Waals surface area contributed by atoms with Crippen LogP contribution in [-0.2, 0) is 9.59 Å². The molecule has 0 radical (unpaired) electrons. The number of hydrogen-bond acceptors (Lipinski definition) is 2. The summed E-state index contributed by atoms with van der Waals surface area (Å²) in [5.41, 5.74) is -0.587. The second-order valence-corrected chi connectivity index (χ2v) is 6.55. The molecule has 0 aromatic heterocycles. The molecule has 0 bridgehead atoms. The molecule has 4 heteroatoms. The second kappa shape index (κ2) is 4.50. The fourth-order valence-electron chi connectivity index (χ4n) is 4.27. The smallest absolute Gasteiger partial charge is 0.309 e. The van der Waals surface area contributed by atoms with Gasteiger partial charge in [-0.1, -0.05) is 13.3 Å². The molecule has 3 rings (SSSR count). The maximum Gasteiger partial charge on any atom is 0.309 e. The minimum Gasteiger partial charge on any atom is -0.481 e. The number of rotatable bonds is 3. The molecule has 1 aliphatic heterocycles. The molecular weight excluding hydrogens is 242 g/mol. The highest BCUT2D eigenvalue weighted by molar-refractivity contribution is 5.83. The fourth-order valence-corrected chi connectivity index (χ4v) is 4.27. The van der Waals surface area contributed by atoms with Crippen molar-refractivity contribution in [2.45, 2.75) is 45.4 Å². The third kappa shape index (κ3) is 1.96. The molecule has 0 aromatic carbocycles. The van der Waals surface area contributed by atoms with E-state index in [0.717, 1.165) is 0 Å². The van der Waals surface area contributed by atoms with E-state index in [9.17, 15) is 14.7 Å². The Morgan fingerprint density at radius 1 is 1.21 bits per heavy atom. The van der Waals surface area contributed by atoms with Gasteiger partial charge in [0.1, 0.15) is 0 Å². The SMILES string of the molecule is CCC1(C(=O)O)CCN(C(=O)C2C3CCCC32)CC1. The van der Waals surface area contributed by atoms with Gasteiger partial charge in [0, 0.05) is 19.0 Å². The van der Waals surface area contributed by atoms with E-state index in [2.05, 4.69) is 0 Å². The third-order valence-corrected chi connectivity index (χ3v) is 5.85. The highest BCUT2D eigenvalue weighted by Crippen LogP contribution is 2.58. The first-order valence-corrected chi connectivity index (χ1v) is 7.61. The lowest BCUT2D eigenvalue weighted by atomic mass is 9.76. The summed E-state index contributed by atoms with van der Waals surface area (Å²) in [4.78, 5) is 25.7. The Labute approximate surface area is 114 Å². The molecule has 1 saturated heterocycles. The van der Waals surface area contributed by atoms with Crippen LogP contribution in [0.5, 0.6) is 0 Å². The minimum absolute atomic E-state index is 0.285. The van der Waals surface area contributed by atoms with Crippen LogP contribution in [0, 0.1) is 23.2 Å². The molecule has 3 fully saturated rings. The average molecular weight is 265 g/mol. The van der Waals surface area contributed by atoms with Gasteiger partial charge in [0.25, 0.3) is 0 Å². The van der Waals surface area contributed by atoms with Crippen LogP contribution in [0.4, 0.5) is 0 Å². The summed E-state index contributed by atoms with van der Waals surface area (Å²) < 4.78 is 0. The average Bonchev–Trinajstić information content (AvgIpc) is 2.90. The molecule has 2 saturated carbocycles. The van der Waals surface area contributed by atoms with Crippen molar-refractivity contribution in [3.63, 3.8) is 0 Å². The predicted molar refractivity (Wildman–Crippen MR) is 70.5 cm³/mol. The largest absolute Gasteiger partial charge is 0.481 e. The van der Waals surface area contributed by atoms with E-state index in [1.54, 1.807) is 0 Å². The number of fused-ring (bicyclic) bond motifs is 1. The highest BCUT2D eigenvalue weighted by Gasteiger charge is 2.58. The van der Waals surface area contributed by atoms with Gasteiger partial charge < -0.3 is 10.0 Å². The zero-order valence-corrected chi connectivity index (χ0v) is 11.6. The lowest BCUT2D eigenvalue weighted by molar-refractivity contribution is -0.155. The normalized spacial score (nSPS) is 35.8. The van der Waals surface area contributed by atoms with Crippen LogP contribution < -0.4 is 0 Å². The number of hydrogen-bond donors (Lipinski definition) is 1. The van der Waals surface area contributed by atoms with Gasteiger partial charge in [-0.15, -0.1) is 0 Å². The number of nitrogens with zero attached hydrogens (tertiary/aromatic N) is 1. The zero-order valence-electron chi connectivity index (χ0n) is 11.6. The Balaban J connectivity index is 1.58. The topological polar surface area (TPSA) is 57.6 Å². The Morgan fingerprint density at radius 3 is 2.26 bits per heavy atom. The van der Waals surface area contributed by atoms with Crippen molar-refractivity contribution in [3.8, 4) is 0 Å². The monoisotopic (exact) mass is 265 g/mol. The van der Waals surface area contributed by atoms with Crippen molar-refractivity contribution in [3.05, 3.63) is 0 Å². The molecule has 2 atom stereocenters. The molecular formula is C15H23NO3. The third-order valence-electron chi connectivity index (χ3n) is 5.85. The minimum atomic E-state index is -0.689. The summed E-state index contributed by atoms with van der Waals surface area (Å²) >= 11 is 0. The van der Waals surface area contributed by atoms with E-state index in [1.807, 2.05) is 11.8 Å². The molecule has 4 nitrogen and oxygen atoms in total. The van der Waals surface area contributed by atoms with Crippen LogP contribution in [0.25, 0.3) is 0 Å². The molecule has 1 heterocycles. The first-order valence-electron chi connectivity index (χ1n) is 7.61. The lowest BCUT2D eigenvalue weighted by Crippen LogP contribution is -2.47. The van der Waals surface area contributed by atoms with Gasteiger partial charge in [0.2, 0.25) is 5.91 Å². The van der Waals surface area contributed by atoms with Crippen molar-refractivity contribution in [2.75, 3.05) is 13.1 Å². The van der Waals surface area contributed by atoms with Crippen molar-refractivity contribution < 1.29 is 14.7 Å². The number of aliphatic carboxylic acids is 1. The number of carbonyl (C=O) groups excluding carboxylic acids is 1. The van der Waals surface area contributed by atoms with E-state index in [0.29, 0.717) is 50.1 Å². The van der Waals surface area contributed by atoms with Crippen molar-refractivity contribution >= 4 is 11.9 Å². The number of carboxylic acids is 1. The van der Waals surface area contributed by atoms with Crippen LogP contribution in [0.2, 0.25) is 0 Å². The van der Waals surface area contributed by atoms with E-state index in [4.69, 9.17) is 0 Å². The lowest BCUT2D eigenvalue weighted by Gasteiger charge is -2.38. The number of piperidine rings is 1. The molecule has 3 aliphatic rings. The summed E-state index contributed by atoms with van der Waals surface area (Å²) in [6.45, 7) is 3.21. The van der Waals surface area contributed by atoms with Gasteiger partial charge in [0.15, 0.2) is 0 Å². The van der Waals surface area contributed by atoms with Crippen LogP contribution in [-0.4, -0.2) is 35.0 Å². The number of likely N-dealkylation sites (tertiary alicyclic amines) is 1. The van der Waals surface area contributed by atoms with Gasteiger partial charge in [-0.2, -0.15) is 0 Å². The summed E-state index contributed by atoms with van der Waals surface area (Å²) in [6, 6.07) is 0. The fraction of sp³-hybridized carbons (Fsp3) is 0.867. The van der Waals surface area contributed by atoms with Crippen LogP contribution in [0.15, 0.2) is 0 Å². The maximum atomic E-state index is 12.4. The van der Waals surface area contributed by atoms with E-state index < -0.39 is 11.4 Å². The molecule has 106 valence electrons. The van der Waals surface area contributed by atoms with Gasteiger partial charge in [-0.05, 0) is 43.9 Å². The van der Waals surface area contributed by atoms with E-state index >= 15 is 0 Å². The van der Waals surface area contributed by atoms with Crippen molar-refractivity contribution in [2.24, 2.45) is 23.2 Å². The second-order valence-electron chi connectivity index (χ2n) is 6.55. The molecule has 0 spiro atoms. The molecule has 2 unspecified atom stereocenters.